The highest BCUT2D eigenvalue weighted by molar-refractivity contribution is 9.10. The van der Waals surface area contributed by atoms with Crippen LogP contribution in [-0.4, -0.2) is 0 Å². The fourth-order valence-corrected chi connectivity index (χ4v) is 2.79. The van der Waals surface area contributed by atoms with E-state index < -0.39 is 0 Å². The number of benzene rings is 1. The van der Waals surface area contributed by atoms with E-state index in [0.29, 0.717) is 0 Å². The Hall–Kier alpha value is -0.640. The molecule has 3 heteroatoms. The van der Waals surface area contributed by atoms with Crippen molar-refractivity contribution in [2.24, 2.45) is 0 Å². The minimum absolute atomic E-state index is 0.927. The number of rotatable bonds is 4. The Morgan fingerprint density at radius 3 is 2.60 bits per heavy atom. The molecule has 0 aliphatic carbocycles. The molecule has 0 unspecified atom stereocenters. The molecule has 0 aliphatic rings. The fourth-order valence-electron chi connectivity index (χ4n) is 1.37. The molecule has 0 saturated heterocycles. The summed E-state index contributed by atoms with van der Waals surface area (Å²) in [6.45, 7) is 1.86. The van der Waals surface area contributed by atoms with Crippen molar-refractivity contribution < 1.29 is 0 Å². The third-order valence-electron chi connectivity index (χ3n) is 2.09. The van der Waals surface area contributed by atoms with E-state index in [2.05, 4.69) is 57.0 Å². The average Bonchev–Trinajstić information content (AvgIpc) is 2.66. The minimum atomic E-state index is 0.927. The summed E-state index contributed by atoms with van der Waals surface area (Å²) < 4.78 is 1.17. The molecule has 0 saturated carbocycles. The van der Waals surface area contributed by atoms with Crippen molar-refractivity contribution in [3.05, 3.63) is 56.7 Å². The van der Waals surface area contributed by atoms with Crippen LogP contribution in [-0.2, 0) is 13.1 Å². The predicted octanol–water partition coefficient (Wildman–Crippen LogP) is 3.80. The molecule has 1 nitrogen and oxygen atoms in total. The third-order valence-corrected chi connectivity index (χ3v) is 3.79. The van der Waals surface area contributed by atoms with Crippen LogP contribution >= 0.6 is 27.3 Å². The van der Waals surface area contributed by atoms with Gasteiger partial charge in [0.2, 0.25) is 0 Å². The van der Waals surface area contributed by atoms with Gasteiger partial charge >= 0.3 is 0 Å². The lowest BCUT2D eigenvalue weighted by Gasteiger charge is -2.02. The van der Waals surface area contributed by atoms with Gasteiger partial charge in [0.1, 0.15) is 0 Å². The molecular weight excluding hydrogens is 270 g/mol. The molecule has 1 heterocycles. The Morgan fingerprint density at radius 1 is 1.13 bits per heavy atom. The van der Waals surface area contributed by atoms with Crippen LogP contribution in [0.25, 0.3) is 0 Å². The number of nitrogens with one attached hydrogen (secondary N) is 1. The summed E-state index contributed by atoms with van der Waals surface area (Å²) in [5.74, 6) is 0. The molecule has 1 N–H and O–H groups in total. The maximum absolute atomic E-state index is 3.45. The molecule has 0 atom stereocenters. The topological polar surface area (TPSA) is 12.0 Å². The van der Waals surface area contributed by atoms with E-state index >= 15 is 0 Å². The van der Waals surface area contributed by atoms with Crippen LogP contribution in [0.15, 0.2) is 46.3 Å². The molecule has 78 valence electrons. The number of halogens is 1. The Morgan fingerprint density at radius 2 is 1.93 bits per heavy atom. The first-order valence-electron chi connectivity index (χ1n) is 4.82. The Bertz CT molecular complexity index is 411. The second kappa shape index (κ2) is 5.45. The average molecular weight is 282 g/mol. The standard InChI is InChI=1S/C12H12BrNS/c13-11-6-12(15-9-11)8-14-7-10-4-2-1-3-5-10/h1-6,9,14H,7-8H2. The van der Waals surface area contributed by atoms with E-state index in [0.717, 1.165) is 13.1 Å². The van der Waals surface area contributed by atoms with Gasteiger partial charge in [0.25, 0.3) is 0 Å². The van der Waals surface area contributed by atoms with Crippen LogP contribution in [0.5, 0.6) is 0 Å². The van der Waals surface area contributed by atoms with Gasteiger partial charge in [-0.2, -0.15) is 0 Å². The first-order chi connectivity index (χ1) is 7.34. The van der Waals surface area contributed by atoms with E-state index in [1.807, 2.05) is 6.07 Å². The Balaban J connectivity index is 1.80. The van der Waals surface area contributed by atoms with Crippen LogP contribution in [0.2, 0.25) is 0 Å². The quantitative estimate of drug-likeness (QED) is 0.899. The third kappa shape index (κ3) is 3.45. The molecule has 0 amide bonds. The summed E-state index contributed by atoms with van der Waals surface area (Å²) in [5, 5.41) is 5.53. The first-order valence-corrected chi connectivity index (χ1v) is 6.49. The maximum atomic E-state index is 3.45. The van der Waals surface area contributed by atoms with E-state index in [4.69, 9.17) is 0 Å². The number of hydrogen-bond donors (Lipinski definition) is 1. The number of thiophene rings is 1. The van der Waals surface area contributed by atoms with E-state index in [1.54, 1.807) is 11.3 Å². The van der Waals surface area contributed by atoms with Gasteiger partial charge in [-0.05, 0) is 27.6 Å². The van der Waals surface area contributed by atoms with E-state index in [9.17, 15) is 0 Å². The van der Waals surface area contributed by atoms with Crippen molar-refractivity contribution in [2.45, 2.75) is 13.1 Å². The smallest absolute Gasteiger partial charge is 0.0303 e. The van der Waals surface area contributed by atoms with Gasteiger partial charge in [-0.25, -0.2) is 0 Å². The molecule has 1 aromatic heterocycles. The van der Waals surface area contributed by atoms with Gasteiger partial charge in [-0.1, -0.05) is 30.3 Å². The molecule has 2 aromatic rings. The monoisotopic (exact) mass is 281 g/mol. The van der Waals surface area contributed by atoms with Crippen LogP contribution in [0.1, 0.15) is 10.4 Å². The predicted molar refractivity (Wildman–Crippen MR) is 69.0 cm³/mol. The summed E-state index contributed by atoms with van der Waals surface area (Å²) in [4.78, 5) is 1.36. The molecule has 15 heavy (non-hydrogen) atoms. The van der Waals surface area contributed by atoms with Crippen molar-refractivity contribution in [3.8, 4) is 0 Å². The lowest BCUT2D eigenvalue weighted by molar-refractivity contribution is 0.701. The molecule has 0 bridgehead atoms. The minimum Gasteiger partial charge on any atom is -0.308 e. The summed E-state index contributed by atoms with van der Waals surface area (Å²) in [6.07, 6.45) is 0. The molecule has 0 radical (unpaired) electrons. The lowest BCUT2D eigenvalue weighted by atomic mass is 10.2. The second-order valence-corrected chi connectivity index (χ2v) is 5.23. The summed E-state index contributed by atoms with van der Waals surface area (Å²) >= 11 is 5.23. The normalized spacial score (nSPS) is 10.5. The molecular formula is C12H12BrNS. The molecule has 0 spiro atoms. The zero-order chi connectivity index (χ0) is 10.5. The molecule has 2 rings (SSSR count). The molecule has 0 aliphatic heterocycles. The lowest BCUT2D eigenvalue weighted by Crippen LogP contribution is -2.11. The maximum Gasteiger partial charge on any atom is 0.0303 e. The van der Waals surface area contributed by atoms with Crippen LogP contribution in [0, 0.1) is 0 Å². The van der Waals surface area contributed by atoms with Crippen molar-refractivity contribution in [3.63, 3.8) is 0 Å². The Kier molecular flexibility index (Phi) is 3.94. The van der Waals surface area contributed by atoms with Crippen LogP contribution in [0.4, 0.5) is 0 Å². The Labute approximate surface area is 102 Å². The highest BCUT2D eigenvalue weighted by Crippen LogP contribution is 2.19. The highest BCUT2D eigenvalue weighted by atomic mass is 79.9. The van der Waals surface area contributed by atoms with Gasteiger partial charge in [0.15, 0.2) is 0 Å². The summed E-state index contributed by atoms with van der Waals surface area (Å²) in [6, 6.07) is 12.6. The van der Waals surface area contributed by atoms with Crippen LogP contribution in [0.3, 0.4) is 0 Å². The molecule has 1 aromatic carbocycles. The van der Waals surface area contributed by atoms with E-state index in [1.165, 1.54) is 14.9 Å². The van der Waals surface area contributed by atoms with Crippen molar-refractivity contribution in [1.82, 2.24) is 5.32 Å². The van der Waals surface area contributed by atoms with Gasteiger partial charge in [0, 0.05) is 27.8 Å². The zero-order valence-electron chi connectivity index (χ0n) is 8.24. The van der Waals surface area contributed by atoms with Crippen LogP contribution < -0.4 is 5.32 Å². The van der Waals surface area contributed by atoms with Gasteiger partial charge in [-0.3, -0.25) is 0 Å². The van der Waals surface area contributed by atoms with Gasteiger partial charge in [0.05, 0.1) is 0 Å². The molecule has 0 fully saturated rings. The van der Waals surface area contributed by atoms with Gasteiger partial charge < -0.3 is 5.32 Å². The summed E-state index contributed by atoms with van der Waals surface area (Å²) in [7, 11) is 0. The second-order valence-electron chi connectivity index (χ2n) is 3.32. The van der Waals surface area contributed by atoms with E-state index in [-0.39, 0.29) is 0 Å². The SMILES string of the molecule is Brc1csc(CNCc2ccccc2)c1. The largest absolute Gasteiger partial charge is 0.308 e. The van der Waals surface area contributed by atoms with Crippen molar-refractivity contribution >= 4 is 27.3 Å². The zero-order valence-corrected chi connectivity index (χ0v) is 10.6. The first kappa shape index (κ1) is 10.9. The number of hydrogen-bond acceptors (Lipinski definition) is 2. The van der Waals surface area contributed by atoms with Gasteiger partial charge in [-0.15, -0.1) is 11.3 Å². The summed E-state index contributed by atoms with van der Waals surface area (Å²) in [5.41, 5.74) is 1.33. The fraction of sp³-hybridized carbons (Fsp3) is 0.167. The van der Waals surface area contributed by atoms with Crippen molar-refractivity contribution in [2.75, 3.05) is 0 Å². The van der Waals surface area contributed by atoms with Crippen molar-refractivity contribution in [1.29, 1.82) is 0 Å². The highest BCUT2D eigenvalue weighted by Gasteiger charge is 1.96.